The minimum atomic E-state index is 0.236. The highest BCUT2D eigenvalue weighted by Gasteiger charge is 2.19. The van der Waals surface area contributed by atoms with Gasteiger partial charge in [0, 0.05) is 16.1 Å². The summed E-state index contributed by atoms with van der Waals surface area (Å²) in [5.74, 6) is 1.80. The van der Waals surface area contributed by atoms with Gasteiger partial charge in [0.1, 0.15) is 5.75 Å². The molecule has 1 atom stereocenters. The normalized spacial score (nSPS) is 13.4. The lowest BCUT2D eigenvalue weighted by atomic mass is 10.0. The highest BCUT2D eigenvalue weighted by atomic mass is 79.9. The number of nitrogens with zero attached hydrogens (tertiary/aromatic N) is 1. The minimum absolute atomic E-state index is 0.236. The van der Waals surface area contributed by atoms with Gasteiger partial charge in [-0.15, -0.1) is 0 Å². The molecule has 2 nitrogen and oxygen atoms in total. The lowest BCUT2D eigenvalue weighted by Crippen LogP contribution is -2.30. The van der Waals surface area contributed by atoms with E-state index >= 15 is 0 Å². The molecule has 1 unspecified atom stereocenters. The first kappa shape index (κ1) is 18.5. The number of phenols is 1. The predicted octanol–water partition coefficient (Wildman–Crippen LogP) is 5.61. The monoisotopic (exact) mass is 355 g/mol. The average molecular weight is 356 g/mol. The van der Waals surface area contributed by atoms with Crippen LogP contribution in [-0.4, -0.2) is 23.1 Å². The first-order valence-electron chi connectivity index (χ1n) is 8.03. The molecule has 0 radical (unpaired) electrons. The molecule has 0 saturated heterocycles. The van der Waals surface area contributed by atoms with Gasteiger partial charge in [-0.05, 0) is 62.9 Å². The molecule has 0 amide bonds. The molecule has 0 aliphatic heterocycles. The quantitative estimate of drug-likeness (QED) is 0.654. The van der Waals surface area contributed by atoms with E-state index in [0.29, 0.717) is 17.6 Å². The van der Waals surface area contributed by atoms with Crippen LogP contribution in [0.5, 0.6) is 5.75 Å². The Balaban J connectivity index is 2.86. The first-order valence-corrected chi connectivity index (χ1v) is 8.83. The van der Waals surface area contributed by atoms with E-state index in [1.165, 1.54) is 12.8 Å². The second-order valence-electron chi connectivity index (χ2n) is 6.78. The van der Waals surface area contributed by atoms with Gasteiger partial charge in [-0.3, -0.25) is 4.90 Å². The van der Waals surface area contributed by atoms with Crippen LogP contribution in [0, 0.1) is 11.8 Å². The van der Waals surface area contributed by atoms with Crippen LogP contribution < -0.4 is 0 Å². The SMILES string of the molecule is CC(C)CCN(CCC(C)C)C(C)c1cc(Br)ccc1O. The average Bonchev–Trinajstić information content (AvgIpc) is 2.40. The summed E-state index contributed by atoms with van der Waals surface area (Å²) in [6, 6.07) is 5.94. The second kappa shape index (κ2) is 8.79. The summed E-state index contributed by atoms with van der Waals surface area (Å²) >= 11 is 3.51. The van der Waals surface area contributed by atoms with Crippen LogP contribution in [0.25, 0.3) is 0 Å². The second-order valence-corrected chi connectivity index (χ2v) is 7.70. The van der Waals surface area contributed by atoms with Crippen LogP contribution in [0.3, 0.4) is 0 Å². The number of benzene rings is 1. The Morgan fingerprint density at radius 3 is 2.00 bits per heavy atom. The molecule has 1 aromatic rings. The van der Waals surface area contributed by atoms with Crippen molar-refractivity contribution in [2.45, 2.75) is 53.5 Å². The fourth-order valence-electron chi connectivity index (χ4n) is 2.40. The van der Waals surface area contributed by atoms with Gasteiger partial charge in [-0.2, -0.15) is 0 Å². The molecule has 0 heterocycles. The number of hydrogen-bond donors (Lipinski definition) is 1. The van der Waals surface area contributed by atoms with Crippen molar-refractivity contribution in [3.63, 3.8) is 0 Å². The molecule has 0 aromatic heterocycles. The first-order chi connectivity index (χ1) is 9.81. The molecule has 0 saturated carbocycles. The Morgan fingerprint density at radius 1 is 1.00 bits per heavy atom. The van der Waals surface area contributed by atoms with E-state index in [1.54, 1.807) is 6.07 Å². The molecule has 21 heavy (non-hydrogen) atoms. The standard InChI is InChI=1S/C18H30BrNO/c1-13(2)8-10-20(11-9-14(3)4)15(5)17-12-16(19)6-7-18(17)21/h6-7,12-15,21H,8-11H2,1-5H3. The van der Waals surface area contributed by atoms with Gasteiger partial charge in [0.05, 0.1) is 0 Å². The van der Waals surface area contributed by atoms with E-state index < -0.39 is 0 Å². The number of aromatic hydroxyl groups is 1. The molecule has 0 aliphatic carbocycles. The van der Waals surface area contributed by atoms with Crippen molar-refractivity contribution in [1.82, 2.24) is 4.90 Å². The van der Waals surface area contributed by atoms with E-state index in [9.17, 15) is 5.11 Å². The highest BCUT2D eigenvalue weighted by molar-refractivity contribution is 9.10. The van der Waals surface area contributed by atoms with Gasteiger partial charge in [0.2, 0.25) is 0 Å². The van der Waals surface area contributed by atoms with Gasteiger partial charge in [-0.25, -0.2) is 0 Å². The maximum Gasteiger partial charge on any atom is 0.120 e. The topological polar surface area (TPSA) is 23.5 Å². The Hall–Kier alpha value is -0.540. The number of halogens is 1. The molecule has 0 spiro atoms. The fraction of sp³-hybridized carbons (Fsp3) is 0.667. The molecular weight excluding hydrogens is 326 g/mol. The van der Waals surface area contributed by atoms with Gasteiger partial charge < -0.3 is 5.11 Å². The molecular formula is C18H30BrNO. The summed E-state index contributed by atoms with van der Waals surface area (Å²) in [7, 11) is 0. The van der Waals surface area contributed by atoms with Crippen LogP contribution in [0.15, 0.2) is 22.7 Å². The maximum absolute atomic E-state index is 10.2. The molecule has 0 fully saturated rings. The van der Waals surface area contributed by atoms with Gasteiger partial charge >= 0.3 is 0 Å². The van der Waals surface area contributed by atoms with E-state index in [0.717, 1.165) is 23.1 Å². The predicted molar refractivity (Wildman–Crippen MR) is 94.7 cm³/mol. The Kier molecular flexibility index (Phi) is 7.75. The zero-order valence-electron chi connectivity index (χ0n) is 14.1. The maximum atomic E-state index is 10.2. The largest absolute Gasteiger partial charge is 0.508 e. The summed E-state index contributed by atoms with van der Waals surface area (Å²) < 4.78 is 1.02. The highest BCUT2D eigenvalue weighted by Crippen LogP contribution is 2.31. The van der Waals surface area contributed by atoms with E-state index in [1.807, 2.05) is 12.1 Å². The molecule has 120 valence electrons. The summed E-state index contributed by atoms with van der Waals surface area (Å²) in [4.78, 5) is 2.50. The summed E-state index contributed by atoms with van der Waals surface area (Å²) in [5.41, 5.74) is 1.01. The molecule has 0 aliphatic rings. The van der Waals surface area contributed by atoms with Crippen molar-refractivity contribution in [3.8, 4) is 5.75 Å². The third-order valence-corrected chi connectivity index (χ3v) is 4.47. The third kappa shape index (κ3) is 6.39. The van der Waals surface area contributed by atoms with Crippen molar-refractivity contribution in [2.24, 2.45) is 11.8 Å². The lowest BCUT2D eigenvalue weighted by molar-refractivity contribution is 0.186. The van der Waals surface area contributed by atoms with Crippen LogP contribution in [0.2, 0.25) is 0 Å². The lowest BCUT2D eigenvalue weighted by Gasteiger charge is -2.31. The van der Waals surface area contributed by atoms with Crippen molar-refractivity contribution < 1.29 is 5.11 Å². The van der Waals surface area contributed by atoms with E-state index in [4.69, 9.17) is 0 Å². The molecule has 1 N–H and O–H groups in total. The third-order valence-electron chi connectivity index (χ3n) is 3.97. The van der Waals surface area contributed by atoms with Crippen molar-refractivity contribution in [3.05, 3.63) is 28.2 Å². The van der Waals surface area contributed by atoms with Crippen molar-refractivity contribution in [1.29, 1.82) is 0 Å². The van der Waals surface area contributed by atoms with E-state index in [2.05, 4.69) is 55.4 Å². The summed E-state index contributed by atoms with van der Waals surface area (Å²) in [5, 5.41) is 10.2. The molecule has 3 heteroatoms. The zero-order chi connectivity index (χ0) is 16.0. The van der Waals surface area contributed by atoms with Crippen LogP contribution in [-0.2, 0) is 0 Å². The summed E-state index contributed by atoms with van der Waals surface area (Å²) in [6.07, 6.45) is 2.38. The molecule has 0 bridgehead atoms. The van der Waals surface area contributed by atoms with E-state index in [-0.39, 0.29) is 6.04 Å². The molecule has 1 aromatic carbocycles. The Labute approximate surface area is 138 Å². The minimum Gasteiger partial charge on any atom is -0.508 e. The van der Waals surface area contributed by atoms with Gasteiger partial charge in [0.25, 0.3) is 0 Å². The van der Waals surface area contributed by atoms with Crippen molar-refractivity contribution >= 4 is 15.9 Å². The van der Waals surface area contributed by atoms with Crippen LogP contribution >= 0.6 is 15.9 Å². The van der Waals surface area contributed by atoms with Gasteiger partial charge in [-0.1, -0.05) is 43.6 Å². The fourth-order valence-corrected chi connectivity index (χ4v) is 2.78. The Bertz CT molecular complexity index is 419. The molecule has 1 rings (SSSR count). The smallest absolute Gasteiger partial charge is 0.120 e. The Morgan fingerprint density at radius 2 is 1.52 bits per heavy atom. The zero-order valence-corrected chi connectivity index (χ0v) is 15.7. The van der Waals surface area contributed by atoms with Gasteiger partial charge in [0.15, 0.2) is 0 Å². The van der Waals surface area contributed by atoms with Crippen molar-refractivity contribution in [2.75, 3.05) is 13.1 Å². The number of phenolic OH excluding ortho intramolecular Hbond substituents is 1. The number of rotatable bonds is 8. The van der Waals surface area contributed by atoms with Crippen LogP contribution in [0.1, 0.15) is 59.1 Å². The summed E-state index contributed by atoms with van der Waals surface area (Å²) in [6.45, 7) is 13.4. The van der Waals surface area contributed by atoms with Crippen LogP contribution in [0.4, 0.5) is 0 Å². The number of hydrogen-bond acceptors (Lipinski definition) is 2.